The van der Waals surface area contributed by atoms with Gasteiger partial charge in [-0.3, -0.25) is 4.79 Å². The molecule has 1 aromatic heterocycles. The summed E-state index contributed by atoms with van der Waals surface area (Å²) < 4.78 is 5.15. The van der Waals surface area contributed by atoms with Gasteiger partial charge in [-0.25, -0.2) is 9.97 Å². The van der Waals surface area contributed by atoms with Crippen molar-refractivity contribution < 1.29 is 9.53 Å². The van der Waals surface area contributed by atoms with Crippen molar-refractivity contribution in [2.45, 2.75) is 0 Å². The van der Waals surface area contributed by atoms with Gasteiger partial charge >= 0.3 is 0 Å². The molecule has 0 saturated heterocycles. The van der Waals surface area contributed by atoms with Gasteiger partial charge in [0.05, 0.1) is 18.3 Å². The number of carbonyl (C=O) groups is 1. The second kappa shape index (κ2) is 5.20. The molecule has 0 radical (unpaired) electrons. The number of nitrogens with zero attached hydrogens (tertiary/aromatic N) is 2. The third-order valence-electron chi connectivity index (χ3n) is 3.19. The van der Waals surface area contributed by atoms with Gasteiger partial charge in [0.25, 0.3) is 5.91 Å². The highest BCUT2D eigenvalue weighted by Crippen LogP contribution is 2.27. The van der Waals surface area contributed by atoms with Crippen molar-refractivity contribution in [1.29, 1.82) is 0 Å². The summed E-state index contributed by atoms with van der Waals surface area (Å²) in [6, 6.07) is 15.0. The van der Waals surface area contributed by atoms with Crippen LogP contribution in [0.1, 0.15) is 10.6 Å². The van der Waals surface area contributed by atoms with E-state index in [1.807, 2.05) is 48.5 Å². The molecule has 0 aliphatic carbocycles. The molecule has 5 heteroatoms. The fraction of sp³-hybridized carbons (Fsp3) is 0.0625. The van der Waals surface area contributed by atoms with E-state index in [1.54, 1.807) is 7.11 Å². The van der Waals surface area contributed by atoms with Gasteiger partial charge < -0.3 is 10.5 Å². The lowest BCUT2D eigenvalue weighted by Crippen LogP contribution is -2.15. The Hall–Kier alpha value is -2.95. The van der Waals surface area contributed by atoms with Gasteiger partial charge in [0.15, 0.2) is 0 Å². The van der Waals surface area contributed by atoms with Crippen LogP contribution in [0.15, 0.2) is 48.5 Å². The summed E-state index contributed by atoms with van der Waals surface area (Å²) in [4.78, 5) is 19.9. The molecule has 21 heavy (non-hydrogen) atoms. The van der Waals surface area contributed by atoms with Gasteiger partial charge in [0, 0.05) is 10.9 Å². The number of benzene rings is 2. The molecule has 0 aliphatic heterocycles. The molecule has 104 valence electrons. The van der Waals surface area contributed by atoms with Gasteiger partial charge in [0.1, 0.15) is 5.75 Å². The van der Waals surface area contributed by atoms with Crippen molar-refractivity contribution in [2.75, 3.05) is 7.11 Å². The number of rotatable bonds is 3. The molecule has 3 aromatic rings. The normalized spacial score (nSPS) is 10.5. The summed E-state index contributed by atoms with van der Waals surface area (Å²) in [6.45, 7) is 0. The standard InChI is InChI=1S/C16H13N3O2/c1-21-11-8-6-10(7-9-11)14-12-4-2-3-5-13(12)18-16(19-14)15(17)20/h2-9H,1H3,(H2,17,20). The number of hydrogen-bond acceptors (Lipinski definition) is 4. The largest absolute Gasteiger partial charge is 0.497 e. The van der Waals surface area contributed by atoms with Crippen molar-refractivity contribution in [3.8, 4) is 17.0 Å². The molecule has 0 unspecified atom stereocenters. The van der Waals surface area contributed by atoms with E-state index in [2.05, 4.69) is 9.97 Å². The lowest BCUT2D eigenvalue weighted by molar-refractivity contribution is 0.0991. The lowest BCUT2D eigenvalue weighted by Gasteiger charge is -2.08. The minimum Gasteiger partial charge on any atom is -0.497 e. The van der Waals surface area contributed by atoms with Crippen LogP contribution in [-0.4, -0.2) is 23.0 Å². The summed E-state index contributed by atoms with van der Waals surface area (Å²) in [5.41, 5.74) is 7.55. The van der Waals surface area contributed by atoms with Crippen molar-refractivity contribution in [3.05, 3.63) is 54.4 Å². The highest BCUT2D eigenvalue weighted by atomic mass is 16.5. The maximum Gasteiger partial charge on any atom is 0.286 e. The Morgan fingerprint density at radius 1 is 1.05 bits per heavy atom. The number of amides is 1. The first-order valence-corrected chi connectivity index (χ1v) is 6.40. The number of ether oxygens (including phenoxy) is 1. The third kappa shape index (κ3) is 2.41. The maximum absolute atomic E-state index is 11.4. The third-order valence-corrected chi connectivity index (χ3v) is 3.19. The molecule has 0 saturated carbocycles. The lowest BCUT2D eigenvalue weighted by atomic mass is 10.1. The highest BCUT2D eigenvalue weighted by molar-refractivity contribution is 5.97. The van der Waals surface area contributed by atoms with E-state index in [1.165, 1.54) is 0 Å². The van der Waals surface area contributed by atoms with Gasteiger partial charge in [-0.15, -0.1) is 0 Å². The highest BCUT2D eigenvalue weighted by Gasteiger charge is 2.12. The molecule has 1 heterocycles. The number of nitrogens with two attached hydrogens (primary N) is 1. The second-order valence-corrected chi connectivity index (χ2v) is 4.51. The second-order valence-electron chi connectivity index (χ2n) is 4.51. The van der Waals surface area contributed by atoms with Crippen LogP contribution in [0.3, 0.4) is 0 Å². The molecule has 0 spiro atoms. The van der Waals surface area contributed by atoms with E-state index in [-0.39, 0.29) is 5.82 Å². The van der Waals surface area contributed by atoms with Crippen LogP contribution in [0.4, 0.5) is 0 Å². The fourth-order valence-electron chi connectivity index (χ4n) is 2.16. The van der Waals surface area contributed by atoms with Gasteiger partial charge in [-0.05, 0) is 30.3 Å². The Bertz CT molecular complexity index is 813. The van der Waals surface area contributed by atoms with Crippen LogP contribution in [-0.2, 0) is 0 Å². The van der Waals surface area contributed by atoms with Crippen molar-refractivity contribution in [1.82, 2.24) is 9.97 Å². The maximum atomic E-state index is 11.4. The predicted molar refractivity (Wildman–Crippen MR) is 80.0 cm³/mol. The Morgan fingerprint density at radius 3 is 2.43 bits per heavy atom. The number of hydrogen-bond donors (Lipinski definition) is 1. The fourth-order valence-corrected chi connectivity index (χ4v) is 2.16. The number of primary amides is 1. The molecule has 1 amide bonds. The molecule has 2 N–H and O–H groups in total. The smallest absolute Gasteiger partial charge is 0.286 e. The van der Waals surface area contributed by atoms with Crippen LogP contribution in [0, 0.1) is 0 Å². The first kappa shape index (κ1) is 13.1. The Labute approximate surface area is 121 Å². The van der Waals surface area contributed by atoms with E-state index in [0.29, 0.717) is 11.2 Å². The topological polar surface area (TPSA) is 78.1 Å². The number of fused-ring (bicyclic) bond motifs is 1. The van der Waals surface area contributed by atoms with Crippen LogP contribution in [0.25, 0.3) is 22.2 Å². The van der Waals surface area contributed by atoms with Crippen molar-refractivity contribution >= 4 is 16.8 Å². The van der Waals surface area contributed by atoms with Crippen LogP contribution >= 0.6 is 0 Å². The van der Waals surface area contributed by atoms with Gasteiger partial charge in [0.2, 0.25) is 5.82 Å². The molecule has 2 aromatic carbocycles. The van der Waals surface area contributed by atoms with E-state index >= 15 is 0 Å². The summed E-state index contributed by atoms with van der Waals surface area (Å²) in [7, 11) is 1.61. The van der Waals surface area contributed by atoms with E-state index in [0.717, 1.165) is 16.7 Å². The van der Waals surface area contributed by atoms with Gasteiger partial charge in [-0.2, -0.15) is 0 Å². The quantitative estimate of drug-likeness (QED) is 0.798. The molecular formula is C16H13N3O2. The van der Waals surface area contributed by atoms with Crippen molar-refractivity contribution in [2.24, 2.45) is 5.73 Å². The molecule has 5 nitrogen and oxygen atoms in total. The monoisotopic (exact) mass is 279 g/mol. The molecule has 3 rings (SSSR count). The van der Waals surface area contributed by atoms with Crippen LogP contribution in [0.2, 0.25) is 0 Å². The summed E-state index contributed by atoms with van der Waals surface area (Å²) in [5, 5.41) is 0.868. The minimum atomic E-state index is -0.643. The average Bonchev–Trinajstić information content (AvgIpc) is 2.54. The zero-order valence-electron chi connectivity index (χ0n) is 11.4. The Balaban J connectivity index is 2.25. The number of aromatic nitrogens is 2. The molecule has 0 aliphatic rings. The number of para-hydroxylation sites is 1. The molecule has 0 atom stereocenters. The first-order valence-electron chi connectivity index (χ1n) is 6.40. The van der Waals surface area contributed by atoms with E-state index in [9.17, 15) is 4.79 Å². The molecule has 0 bridgehead atoms. The van der Waals surface area contributed by atoms with Gasteiger partial charge in [-0.1, -0.05) is 18.2 Å². The van der Waals surface area contributed by atoms with Crippen molar-refractivity contribution in [3.63, 3.8) is 0 Å². The summed E-state index contributed by atoms with van der Waals surface area (Å²) in [5.74, 6) is 0.127. The van der Waals surface area contributed by atoms with Crippen LogP contribution in [0.5, 0.6) is 5.75 Å². The Morgan fingerprint density at radius 2 is 1.76 bits per heavy atom. The molecule has 0 fully saturated rings. The van der Waals surface area contributed by atoms with E-state index in [4.69, 9.17) is 10.5 Å². The zero-order chi connectivity index (χ0) is 14.8. The van der Waals surface area contributed by atoms with Crippen LogP contribution < -0.4 is 10.5 Å². The number of carbonyl (C=O) groups excluding carboxylic acids is 1. The predicted octanol–water partition coefficient (Wildman–Crippen LogP) is 2.40. The average molecular weight is 279 g/mol. The molecular weight excluding hydrogens is 266 g/mol. The Kier molecular flexibility index (Phi) is 3.23. The zero-order valence-corrected chi connectivity index (χ0v) is 11.4. The summed E-state index contributed by atoms with van der Waals surface area (Å²) in [6.07, 6.45) is 0. The number of methoxy groups -OCH3 is 1. The van der Waals surface area contributed by atoms with E-state index < -0.39 is 5.91 Å². The SMILES string of the molecule is COc1ccc(-c2nc(C(N)=O)nc3ccccc23)cc1. The minimum absolute atomic E-state index is 0.0134. The summed E-state index contributed by atoms with van der Waals surface area (Å²) >= 11 is 0. The first-order chi connectivity index (χ1) is 10.2.